The summed E-state index contributed by atoms with van der Waals surface area (Å²) in [5, 5.41) is 3.46. The molecular formula is C18H26N4O2. The van der Waals surface area contributed by atoms with Crippen LogP contribution in [0.15, 0.2) is 30.5 Å². The Hall–Kier alpha value is -2.18. The molecule has 6 nitrogen and oxygen atoms in total. The molecule has 0 saturated heterocycles. The molecule has 2 rings (SSSR count). The number of hydrogen-bond donors (Lipinski definition) is 3. The van der Waals surface area contributed by atoms with Crippen LogP contribution in [0.1, 0.15) is 30.6 Å². The molecule has 0 bridgehead atoms. The number of nitrogens with zero attached hydrogens (tertiary/aromatic N) is 1. The minimum Gasteiger partial charge on any atom is -0.358 e. The maximum atomic E-state index is 12.7. The first-order valence-electron chi connectivity index (χ1n) is 8.21. The SMILES string of the molecule is CNC(=O)[C@@H](N)Cc1cn(C(=O)[C@@H](N)CC(C)C)c2ccccc12. The predicted molar refractivity (Wildman–Crippen MR) is 95.7 cm³/mol. The molecule has 0 aliphatic heterocycles. The van der Waals surface area contributed by atoms with E-state index in [0.29, 0.717) is 18.8 Å². The molecule has 0 fully saturated rings. The van der Waals surface area contributed by atoms with Crippen molar-refractivity contribution in [1.82, 2.24) is 9.88 Å². The van der Waals surface area contributed by atoms with Crippen LogP contribution >= 0.6 is 0 Å². The van der Waals surface area contributed by atoms with E-state index in [2.05, 4.69) is 5.32 Å². The van der Waals surface area contributed by atoms with Crippen molar-refractivity contribution >= 4 is 22.7 Å². The van der Waals surface area contributed by atoms with Gasteiger partial charge in [0.05, 0.1) is 17.6 Å². The number of likely N-dealkylation sites (N-methyl/N-ethyl adjacent to an activating group) is 1. The molecule has 130 valence electrons. The topological polar surface area (TPSA) is 103 Å². The third-order valence-electron chi connectivity index (χ3n) is 4.10. The Morgan fingerprint density at radius 2 is 1.83 bits per heavy atom. The fourth-order valence-corrected chi connectivity index (χ4v) is 2.90. The predicted octanol–water partition coefficient (Wildman–Crippen LogP) is 1.27. The summed E-state index contributed by atoms with van der Waals surface area (Å²) in [6.45, 7) is 4.07. The lowest BCUT2D eigenvalue weighted by molar-refractivity contribution is -0.121. The van der Waals surface area contributed by atoms with Crippen molar-refractivity contribution < 1.29 is 9.59 Å². The summed E-state index contributed by atoms with van der Waals surface area (Å²) in [6, 6.07) is 6.38. The van der Waals surface area contributed by atoms with Crippen molar-refractivity contribution in [3.8, 4) is 0 Å². The number of para-hydroxylation sites is 1. The highest BCUT2D eigenvalue weighted by atomic mass is 16.2. The zero-order chi connectivity index (χ0) is 17.9. The van der Waals surface area contributed by atoms with Gasteiger partial charge in [0.25, 0.3) is 0 Å². The summed E-state index contributed by atoms with van der Waals surface area (Å²) in [5.74, 6) is -0.0266. The highest BCUT2D eigenvalue weighted by Crippen LogP contribution is 2.23. The monoisotopic (exact) mass is 330 g/mol. The normalized spacial score (nSPS) is 13.9. The van der Waals surface area contributed by atoms with Crippen LogP contribution in [0.2, 0.25) is 0 Å². The van der Waals surface area contributed by atoms with Gasteiger partial charge in [0, 0.05) is 18.6 Å². The Bertz CT molecular complexity index is 736. The van der Waals surface area contributed by atoms with E-state index in [1.807, 2.05) is 38.1 Å². The Morgan fingerprint density at radius 1 is 1.17 bits per heavy atom. The molecule has 0 spiro atoms. The Labute approximate surface area is 142 Å². The molecule has 0 unspecified atom stereocenters. The minimum atomic E-state index is -0.659. The number of nitrogens with two attached hydrogens (primary N) is 2. The van der Waals surface area contributed by atoms with Crippen molar-refractivity contribution in [2.45, 2.75) is 38.8 Å². The number of fused-ring (bicyclic) bond motifs is 1. The maximum Gasteiger partial charge on any atom is 0.247 e. The largest absolute Gasteiger partial charge is 0.358 e. The summed E-state index contributed by atoms with van der Waals surface area (Å²) in [6.07, 6.45) is 2.74. The van der Waals surface area contributed by atoms with E-state index in [9.17, 15) is 9.59 Å². The van der Waals surface area contributed by atoms with Gasteiger partial charge in [0.2, 0.25) is 11.8 Å². The van der Waals surface area contributed by atoms with E-state index in [1.54, 1.807) is 17.8 Å². The first-order valence-corrected chi connectivity index (χ1v) is 8.21. The third-order valence-corrected chi connectivity index (χ3v) is 4.10. The summed E-state index contributed by atoms with van der Waals surface area (Å²) >= 11 is 0. The molecule has 5 N–H and O–H groups in total. The Morgan fingerprint density at radius 3 is 2.46 bits per heavy atom. The number of carbonyl (C=O) groups excluding carboxylic acids is 2. The molecule has 1 aromatic heterocycles. The molecule has 0 aliphatic carbocycles. The second-order valence-corrected chi connectivity index (χ2v) is 6.54. The van der Waals surface area contributed by atoms with Gasteiger partial charge in [-0.15, -0.1) is 0 Å². The van der Waals surface area contributed by atoms with Gasteiger partial charge in [-0.1, -0.05) is 32.0 Å². The fourth-order valence-electron chi connectivity index (χ4n) is 2.90. The molecule has 0 aliphatic rings. The number of benzene rings is 1. The highest BCUT2D eigenvalue weighted by molar-refractivity contribution is 5.97. The van der Waals surface area contributed by atoms with Crippen molar-refractivity contribution in [2.24, 2.45) is 17.4 Å². The first kappa shape index (κ1) is 18.2. The molecule has 0 saturated carbocycles. The van der Waals surface area contributed by atoms with Crippen LogP contribution < -0.4 is 16.8 Å². The standard InChI is InChI=1S/C18H26N4O2/c1-11(2)8-15(20)18(24)22-10-12(9-14(19)17(23)21-3)13-6-4-5-7-16(13)22/h4-7,10-11,14-15H,8-9,19-20H2,1-3H3,(H,21,23)/t14-,15-/m0/s1. The minimum absolute atomic E-state index is 0.139. The van der Waals surface area contributed by atoms with E-state index >= 15 is 0 Å². The Balaban J connectivity index is 2.38. The molecule has 1 heterocycles. The van der Waals surface area contributed by atoms with Crippen LogP contribution in [0.5, 0.6) is 0 Å². The van der Waals surface area contributed by atoms with Crippen molar-refractivity contribution in [3.63, 3.8) is 0 Å². The van der Waals surface area contributed by atoms with Crippen LogP contribution in [0.4, 0.5) is 0 Å². The zero-order valence-electron chi connectivity index (χ0n) is 14.5. The van der Waals surface area contributed by atoms with Gasteiger partial charge in [0.15, 0.2) is 0 Å². The average Bonchev–Trinajstić information content (AvgIpc) is 2.91. The molecule has 24 heavy (non-hydrogen) atoms. The molecule has 1 aromatic carbocycles. The van der Waals surface area contributed by atoms with E-state index in [1.165, 1.54) is 0 Å². The second kappa shape index (κ2) is 7.59. The van der Waals surface area contributed by atoms with Crippen molar-refractivity contribution in [3.05, 3.63) is 36.0 Å². The third kappa shape index (κ3) is 3.83. The van der Waals surface area contributed by atoms with Crippen LogP contribution in [-0.2, 0) is 11.2 Å². The lowest BCUT2D eigenvalue weighted by Crippen LogP contribution is -2.40. The number of rotatable bonds is 6. The molecule has 6 heteroatoms. The van der Waals surface area contributed by atoms with Gasteiger partial charge in [-0.2, -0.15) is 0 Å². The maximum absolute atomic E-state index is 12.7. The van der Waals surface area contributed by atoms with Gasteiger partial charge < -0.3 is 16.8 Å². The van der Waals surface area contributed by atoms with Crippen molar-refractivity contribution in [1.29, 1.82) is 0 Å². The molecule has 0 radical (unpaired) electrons. The van der Waals surface area contributed by atoms with Crippen LogP contribution in [0.25, 0.3) is 10.9 Å². The van der Waals surface area contributed by atoms with Crippen LogP contribution in [0, 0.1) is 5.92 Å². The zero-order valence-corrected chi connectivity index (χ0v) is 14.5. The fraction of sp³-hybridized carbons (Fsp3) is 0.444. The summed E-state index contributed by atoms with van der Waals surface area (Å²) in [7, 11) is 1.56. The number of hydrogen-bond acceptors (Lipinski definition) is 4. The Kier molecular flexibility index (Phi) is 5.75. The number of carbonyl (C=O) groups is 2. The van der Waals surface area contributed by atoms with E-state index in [-0.39, 0.29) is 11.8 Å². The number of amides is 1. The summed E-state index contributed by atoms with van der Waals surface area (Å²) < 4.78 is 1.59. The summed E-state index contributed by atoms with van der Waals surface area (Å²) in [4.78, 5) is 24.4. The van der Waals surface area contributed by atoms with Gasteiger partial charge >= 0.3 is 0 Å². The lowest BCUT2D eigenvalue weighted by Gasteiger charge is -2.14. The quantitative estimate of drug-likeness (QED) is 0.742. The van der Waals surface area contributed by atoms with Crippen LogP contribution in [0.3, 0.4) is 0 Å². The van der Waals surface area contributed by atoms with Crippen molar-refractivity contribution in [2.75, 3.05) is 7.05 Å². The summed E-state index contributed by atoms with van der Waals surface area (Å²) in [5.41, 5.74) is 13.7. The smallest absolute Gasteiger partial charge is 0.247 e. The number of aromatic nitrogens is 1. The molecular weight excluding hydrogens is 304 g/mol. The van der Waals surface area contributed by atoms with E-state index in [0.717, 1.165) is 16.5 Å². The average molecular weight is 330 g/mol. The van der Waals surface area contributed by atoms with E-state index in [4.69, 9.17) is 11.5 Å². The van der Waals surface area contributed by atoms with Gasteiger partial charge in [0.1, 0.15) is 0 Å². The van der Waals surface area contributed by atoms with E-state index < -0.39 is 12.1 Å². The molecule has 2 aromatic rings. The molecule has 1 amide bonds. The lowest BCUT2D eigenvalue weighted by atomic mass is 10.0. The van der Waals surface area contributed by atoms with Gasteiger partial charge in [-0.25, -0.2) is 0 Å². The van der Waals surface area contributed by atoms with Crippen LogP contribution in [-0.4, -0.2) is 35.5 Å². The highest BCUT2D eigenvalue weighted by Gasteiger charge is 2.22. The molecule has 2 atom stereocenters. The first-order chi connectivity index (χ1) is 11.3. The second-order valence-electron chi connectivity index (χ2n) is 6.54. The number of nitrogens with one attached hydrogen (secondary N) is 1. The van der Waals surface area contributed by atoms with Gasteiger partial charge in [-0.05, 0) is 30.4 Å². The van der Waals surface area contributed by atoms with Gasteiger partial charge in [-0.3, -0.25) is 14.2 Å².